The molecule has 1 aliphatic heterocycles. The van der Waals surface area contributed by atoms with Crippen LogP contribution in [0.1, 0.15) is 70.2 Å². The van der Waals surface area contributed by atoms with Crippen LogP contribution in [0.4, 0.5) is 0 Å². The molecule has 2 aromatic carbocycles. The number of Topliss-reactive ketones (excluding diaryl/α,β-unsaturated/α-hetero) is 1. The van der Waals surface area contributed by atoms with Gasteiger partial charge in [-0.05, 0) is 88.4 Å². The van der Waals surface area contributed by atoms with Crippen molar-refractivity contribution >= 4 is 46.9 Å². The highest BCUT2D eigenvalue weighted by Gasteiger charge is 2.36. The highest BCUT2D eigenvalue weighted by molar-refractivity contribution is 6.30. The quantitative estimate of drug-likeness (QED) is 0.0772. The zero-order chi connectivity index (χ0) is 37.7. The molecular formula is C36H49ClN6O8. The maximum atomic E-state index is 13.3. The van der Waals surface area contributed by atoms with Gasteiger partial charge >= 0.3 is 0 Å². The summed E-state index contributed by atoms with van der Waals surface area (Å²) in [5.41, 5.74) is 7.69. The number of nitrogens with two attached hydrogens (primary N) is 1. The number of unbranched alkanes of at least 4 members (excludes halogenated alkanes) is 1. The van der Waals surface area contributed by atoms with Crippen molar-refractivity contribution in [2.45, 2.75) is 102 Å². The Labute approximate surface area is 303 Å². The first-order valence-corrected chi connectivity index (χ1v) is 17.5. The summed E-state index contributed by atoms with van der Waals surface area (Å²) in [5, 5.41) is 23.9. The van der Waals surface area contributed by atoms with Crippen LogP contribution in [-0.4, -0.2) is 96.0 Å². The van der Waals surface area contributed by atoms with E-state index in [0.717, 1.165) is 11.1 Å². The molecular weight excluding hydrogens is 680 g/mol. The van der Waals surface area contributed by atoms with Gasteiger partial charge in [0.2, 0.25) is 23.6 Å². The predicted octanol–water partition coefficient (Wildman–Crippen LogP) is 1.36. The van der Waals surface area contributed by atoms with Crippen LogP contribution in [0, 0.1) is 0 Å². The third kappa shape index (κ3) is 12.7. The van der Waals surface area contributed by atoms with Crippen LogP contribution in [0.3, 0.4) is 0 Å². The van der Waals surface area contributed by atoms with Gasteiger partial charge in [0, 0.05) is 10.6 Å². The lowest BCUT2D eigenvalue weighted by molar-refractivity contribution is -0.135. The number of rotatable bonds is 20. The number of ether oxygens (including phenoxy) is 1. The van der Waals surface area contributed by atoms with E-state index >= 15 is 0 Å². The lowest BCUT2D eigenvalue weighted by Crippen LogP contribution is -2.60. The first-order chi connectivity index (χ1) is 24.2. The van der Waals surface area contributed by atoms with Crippen LogP contribution in [-0.2, 0) is 28.7 Å². The SMILES string of the molecule is CCC[C@H](NC(=O)c1ccc(-c2ccc(Cl)cc2)cc1)C(=O)N[C@H](C(=O)N[C@@H](C)C(=O)N[C@@H](CCCCN)C(=O)N[C@@H](C)C(=O)C1CO1)[C@@H](C)O. The topological polar surface area (TPSA) is 221 Å². The fourth-order valence-electron chi connectivity index (χ4n) is 5.22. The van der Waals surface area contributed by atoms with Crippen molar-refractivity contribution in [3.63, 3.8) is 0 Å². The molecule has 15 heteroatoms. The monoisotopic (exact) mass is 728 g/mol. The van der Waals surface area contributed by atoms with E-state index in [4.69, 9.17) is 22.1 Å². The summed E-state index contributed by atoms with van der Waals surface area (Å²) in [6.07, 6.45) is 0.213. The van der Waals surface area contributed by atoms with Crippen LogP contribution >= 0.6 is 11.6 Å². The molecule has 1 aliphatic rings. The van der Waals surface area contributed by atoms with Gasteiger partial charge in [0.25, 0.3) is 5.91 Å². The number of hydrogen-bond acceptors (Lipinski definition) is 9. The Morgan fingerprint density at radius 1 is 0.765 bits per heavy atom. The third-order valence-corrected chi connectivity index (χ3v) is 8.61. The average Bonchev–Trinajstić information content (AvgIpc) is 3.95. The molecule has 0 spiro atoms. The maximum absolute atomic E-state index is 13.3. The molecule has 14 nitrogen and oxygen atoms in total. The molecule has 7 atom stereocenters. The van der Waals surface area contributed by atoms with Crippen molar-refractivity contribution in [1.29, 1.82) is 0 Å². The largest absolute Gasteiger partial charge is 0.391 e. The molecule has 0 saturated carbocycles. The number of carbonyl (C=O) groups excluding carboxylic acids is 6. The van der Waals surface area contributed by atoms with E-state index < -0.39 is 72.0 Å². The summed E-state index contributed by atoms with van der Waals surface area (Å²) in [6, 6.07) is 8.56. The summed E-state index contributed by atoms with van der Waals surface area (Å²) in [7, 11) is 0. The number of epoxide rings is 1. The summed E-state index contributed by atoms with van der Waals surface area (Å²) >= 11 is 5.97. The lowest BCUT2D eigenvalue weighted by atomic mass is 10.0. The van der Waals surface area contributed by atoms with Crippen LogP contribution in [0.15, 0.2) is 48.5 Å². The predicted molar refractivity (Wildman–Crippen MR) is 191 cm³/mol. The van der Waals surface area contributed by atoms with Crippen LogP contribution < -0.4 is 32.3 Å². The molecule has 0 aliphatic carbocycles. The Kier molecular flexibility index (Phi) is 16.0. The normalized spacial score (nSPS) is 17.0. The molecule has 2 aromatic rings. The number of hydrogen-bond donors (Lipinski definition) is 7. The first kappa shape index (κ1) is 41.1. The second-order valence-electron chi connectivity index (χ2n) is 12.7. The van der Waals surface area contributed by atoms with Gasteiger partial charge in [0.1, 0.15) is 30.3 Å². The second kappa shape index (κ2) is 19.9. The molecule has 278 valence electrons. The summed E-state index contributed by atoms with van der Waals surface area (Å²) < 4.78 is 5.00. The summed E-state index contributed by atoms with van der Waals surface area (Å²) in [5.74, 6) is -3.59. The van der Waals surface area contributed by atoms with Gasteiger partial charge in [0.15, 0.2) is 5.78 Å². The van der Waals surface area contributed by atoms with E-state index in [1.165, 1.54) is 20.8 Å². The Bertz CT molecular complexity index is 1520. The number of aliphatic hydroxyl groups excluding tert-OH is 1. The van der Waals surface area contributed by atoms with Crippen molar-refractivity contribution < 1.29 is 38.6 Å². The number of halogens is 1. The molecule has 0 bridgehead atoms. The van der Waals surface area contributed by atoms with Crippen LogP contribution in [0.25, 0.3) is 11.1 Å². The van der Waals surface area contributed by atoms with Crippen molar-refractivity contribution in [2.75, 3.05) is 13.2 Å². The van der Waals surface area contributed by atoms with E-state index in [2.05, 4.69) is 26.6 Å². The number of benzene rings is 2. The number of aliphatic hydroxyl groups is 1. The third-order valence-electron chi connectivity index (χ3n) is 8.35. The number of ketones is 1. The van der Waals surface area contributed by atoms with E-state index in [0.29, 0.717) is 43.0 Å². The first-order valence-electron chi connectivity index (χ1n) is 17.2. The molecule has 3 rings (SSSR count). The van der Waals surface area contributed by atoms with E-state index in [-0.39, 0.29) is 18.6 Å². The Morgan fingerprint density at radius 3 is 1.86 bits per heavy atom. The molecule has 8 N–H and O–H groups in total. The molecule has 1 fully saturated rings. The van der Waals surface area contributed by atoms with Gasteiger partial charge in [-0.3, -0.25) is 28.8 Å². The molecule has 51 heavy (non-hydrogen) atoms. The van der Waals surface area contributed by atoms with Crippen molar-refractivity contribution in [3.8, 4) is 11.1 Å². The minimum Gasteiger partial charge on any atom is -0.391 e. The van der Waals surface area contributed by atoms with Crippen LogP contribution in [0.2, 0.25) is 5.02 Å². The Hall–Kier alpha value is -4.37. The molecule has 1 unspecified atom stereocenters. The van der Waals surface area contributed by atoms with Crippen molar-refractivity contribution in [2.24, 2.45) is 5.73 Å². The highest BCUT2D eigenvalue weighted by atomic mass is 35.5. The molecule has 1 saturated heterocycles. The Morgan fingerprint density at radius 2 is 1.31 bits per heavy atom. The maximum Gasteiger partial charge on any atom is 0.251 e. The van der Waals surface area contributed by atoms with Gasteiger partial charge in [-0.15, -0.1) is 0 Å². The molecule has 0 aromatic heterocycles. The van der Waals surface area contributed by atoms with Crippen molar-refractivity contribution in [3.05, 3.63) is 59.1 Å². The summed E-state index contributed by atoms with van der Waals surface area (Å²) in [6.45, 7) is 6.74. The zero-order valence-electron chi connectivity index (χ0n) is 29.4. The highest BCUT2D eigenvalue weighted by Crippen LogP contribution is 2.22. The second-order valence-corrected chi connectivity index (χ2v) is 13.1. The van der Waals surface area contributed by atoms with E-state index in [1.807, 2.05) is 19.1 Å². The van der Waals surface area contributed by atoms with E-state index in [9.17, 15) is 33.9 Å². The Balaban J connectivity index is 1.61. The number of nitrogens with one attached hydrogen (secondary N) is 5. The average molecular weight is 729 g/mol. The number of amides is 5. The minimum atomic E-state index is -1.47. The van der Waals surface area contributed by atoms with Gasteiger partial charge in [-0.1, -0.05) is 49.2 Å². The molecule has 5 amide bonds. The fourth-order valence-corrected chi connectivity index (χ4v) is 5.34. The lowest BCUT2D eigenvalue weighted by Gasteiger charge is -2.26. The standard InChI is InChI=1S/C36H49ClN6O8/c1-5-8-27(42-33(47)25-12-10-23(11-13-25)24-14-16-26(37)17-15-24)35(49)43-30(22(4)44)36(50)40-21(3)32(46)41-28(9-6-7-18-38)34(48)39-20(2)31(45)29-19-51-29/h10-17,20-22,27-30,44H,5-9,18-19,38H2,1-4H3,(H,39,48)(H,40,50)(H,41,46)(H,42,47)(H,43,49)/t20-,21-,22+,27-,28-,29?,30-/m0/s1. The van der Waals surface area contributed by atoms with Gasteiger partial charge in [-0.25, -0.2) is 0 Å². The van der Waals surface area contributed by atoms with E-state index in [1.54, 1.807) is 36.4 Å². The minimum absolute atomic E-state index is 0.236. The molecule has 1 heterocycles. The zero-order valence-corrected chi connectivity index (χ0v) is 30.1. The van der Waals surface area contributed by atoms with Crippen molar-refractivity contribution in [1.82, 2.24) is 26.6 Å². The number of carbonyl (C=O) groups is 6. The molecule has 0 radical (unpaired) electrons. The van der Waals surface area contributed by atoms with Gasteiger partial charge in [0.05, 0.1) is 18.8 Å². The van der Waals surface area contributed by atoms with Crippen LogP contribution in [0.5, 0.6) is 0 Å². The fraction of sp³-hybridized carbons (Fsp3) is 0.500. The van der Waals surface area contributed by atoms with Gasteiger partial charge < -0.3 is 42.2 Å². The van der Waals surface area contributed by atoms with Gasteiger partial charge in [-0.2, -0.15) is 0 Å². The smallest absolute Gasteiger partial charge is 0.251 e. The summed E-state index contributed by atoms with van der Waals surface area (Å²) in [4.78, 5) is 78.1.